The fourth-order valence-electron chi connectivity index (χ4n) is 4.00. The van der Waals surface area contributed by atoms with E-state index in [0.717, 1.165) is 18.7 Å². The summed E-state index contributed by atoms with van der Waals surface area (Å²) in [6.07, 6.45) is 1.56. The summed E-state index contributed by atoms with van der Waals surface area (Å²) in [5.74, 6) is -0.0981. The van der Waals surface area contributed by atoms with Crippen LogP contribution in [0.15, 0.2) is 77.4 Å². The molecule has 0 aliphatic carbocycles. The maximum absolute atomic E-state index is 13.5. The number of ether oxygens (including phenoxy) is 1. The number of carbonyl (C=O) groups excluding carboxylic acids is 2. The second kappa shape index (κ2) is 12.3. The molecule has 0 bridgehead atoms. The third-order valence-corrected chi connectivity index (χ3v) is 5.99. The van der Waals surface area contributed by atoms with Crippen molar-refractivity contribution in [3.05, 3.63) is 95.7 Å². The average molecular weight is 480 g/mol. The summed E-state index contributed by atoms with van der Waals surface area (Å²) in [7, 11) is 0. The first-order chi connectivity index (χ1) is 17.1. The van der Waals surface area contributed by atoms with Crippen molar-refractivity contribution >= 4 is 11.8 Å². The van der Waals surface area contributed by atoms with Crippen LogP contribution in [0.25, 0.3) is 0 Å². The minimum Gasteiger partial charge on any atom is -0.467 e. The molecule has 0 atom stereocenters. The van der Waals surface area contributed by atoms with Crippen LogP contribution in [0.1, 0.15) is 21.7 Å². The van der Waals surface area contributed by atoms with Gasteiger partial charge in [-0.1, -0.05) is 30.3 Å². The normalized spacial score (nSPS) is 14.0. The number of halogens is 1. The molecule has 0 N–H and O–H groups in total. The van der Waals surface area contributed by atoms with Crippen LogP contribution in [0.4, 0.5) is 4.39 Å². The van der Waals surface area contributed by atoms with Gasteiger partial charge in [-0.05, 0) is 42.0 Å². The van der Waals surface area contributed by atoms with Crippen molar-refractivity contribution in [2.75, 3.05) is 45.9 Å². The van der Waals surface area contributed by atoms with Crippen molar-refractivity contribution in [1.82, 2.24) is 14.7 Å². The second-order valence-electron chi connectivity index (χ2n) is 8.50. The van der Waals surface area contributed by atoms with Gasteiger partial charge in [-0.2, -0.15) is 0 Å². The highest BCUT2D eigenvalue weighted by Crippen LogP contribution is 2.14. The Morgan fingerprint density at radius 1 is 0.886 bits per heavy atom. The molecule has 0 unspecified atom stereocenters. The van der Waals surface area contributed by atoms with Gasteiger partial charge < -0.3 is 19.0 Å². The highest BCUT2D eigenvalue weighted by molar-refractivity contribution is 5.96. The summed E-state index contributed by atoms with van der Waals surface area (Å²) in [6, 6.07) is 18.6. The zero-order valence-corrected chi connectivity index (χ0v) is 19.6. The molecule has 184 valence electrons. The Morgan fingerprint density at radius 3 is 2.31 bits per heavy atom. The fourth-order valence-corrected chi connectivity index (χ4v) is 4.00. The molecule has 1 fully saturated rings. The Kier molecular flexibility index (Phi) is 8.64. The number of benzene rings is 2. The predicted molar refractivity (Wildman–Crippen MR) is 129 cm³/mol. The van der Waals surface area contributed by atoms with E-state index in [1.807, 2.05) is 18.2 Å². The van der Waals surface area contributed by atoms with E-state index in [-0.39, 0.29) is 37.3 Å². The molecule has 2 heterocycles. The smallest absolute Gasteiger partial charge is 0.254 e. The van der Waals surface area contributed by atoms with Crippen molar-refractivity contribution in [2.24, 2.45) is 0 Å². The second-order valence-corrected chi connectivity index (χ2v) is 8.50. The quantitative estimate of drug-likeness (QED) is 0.446. The van der Waals surface area contributed by atoms with Gasteiger partial charge in [-0.25, -0.2) is 4.39 Å². The molecule has 1 saturated heterocycles. The maximum atomic E-state index is 13.5. The molecule has 0 radical (unpaired) electrons. The van der Waals surface area contributed by atoms with Crippen molar-refractivity contribution in [3.63, 3.8) is 0 Å². The lowest BCUT2D eigenvalue weighted by Crippen LogP contribution is -2.47. The number of rotatable bonds is 10. The van der Waals surface area contributed by atoms with Gasteiger partial charge in [0, 0.05) is 38.3 Å². The molecule has 3 aromatic rings. The van der Waals surface area contributed by atoms with Crippen LogP contribution in [-0.2, 0) is 22.6 Å². The molecule has 35 heavy (non-hydrogen) atoms. The Bertz CT molecular complexity index is 1070. The topological polar surface area (TPSA) is 66.2 Å². The highest BCUT2D eigenvalue weighted by atomic mass is 19.1. The van der Waals surface area contributed by atoms with Gasteiger partial charge in [-0.15, -0.1) is 0 Å². The fraction of sp³-hybridized carbons (Fsp3) is 0.333. The molecular weight excluding hydrogens is 449 g/mol. The van der Waals surface area contributed by atoms with E-state index >= 15 is 0 Å². The van der Waals surface area contributed by atoms with Crippen LogP contribution >= 0.6 is 0 Å². The Labute approximate surface area is 204 Å². The van der Waals surface area contributed by atoms with E-state index in [4.69, 9.17) is 9.15 Å². The van der Waals surface area contributed by atoms with Crippen LogP contribution < -0.4 is 0 Å². The monoisotopic (exact) mass is 479 g/mol. The first kappa shape index (κ1) is 24.6. The molecule has 1 aliphatic rings. The van der Waals surface area contributed by atoms with Gasteiger partial charge in [0.15, 0.2) is 0 Å². The van der Waals surface area contributed by atoms with Crippen LogP contribution in [0.2, 0.25) is 0 Å². The summed E-state index contributed by atoms with van der Waals surface area (Å²) in [5, 5.41) is 0. The number of carbonyl (C=O) groups is 2. The SMILES string of the molecule is O=C(CN(CCN1CCOCC1)C(=O)c1ccccc1)N(Cc1ccc(F)cc1)Cc1ccco1. The van der Waals surface area contributed by atoms with Gasteiger partial charge in [0.25, 0.3) is 5.91 Å². The van der Waals surface area contributed by atoms with E-state index < -0.39 is 0 Å². The summed E-state index contributed by atoms with van der Waals surface area (Å²) in [5.41, 5.74) is 1.33. The van der Waals surface area contributed by atoms with E-state index in [9.17, 15) is 14.0 Å². The number of furan rings is 1. The van der Waals surface area contributed by atoms with Crippen molar-refractivity contribution in [2.45, 2.75) is 13.1 Å². The summed E-state index contributed by atoms with van der Waals surface area (Å²) >= 11 is 0. The minimum absolute atomic E-state index is 0.0695. The highest BCUT2D eigenvalue weighted by Gasteiger charge is 2.24. The number of amides is 2. The van der Waals surface area contributed by atoms with Gasteiger partial charge in [-0.3, -0.25) is 14.5 Å². The Balaban J connectivity index is 1.50. The van der Waals surface area contributed by atoms with E-state index in [0.29, 0.717) is 37.6 Å². The molecule has 2 amide bonds. The van der Waals surface area contributed by atoms with Crippen LogP contribution in [0.5, 0.6) is 0 Å². The lowest BCUT2D eigenvalue weighted by molar-refractivity contribution is -0.133. The summed E-state index contributed by atoms with van der Waals surface area (Å²) < 4.78 is 24.3. The summed E-state index contributed by atoms with van der Waals surface area (Å²) in [4.78, 5) is 32.3. The maximum Gasteiger partial charge on any atom is 0.254 e. The van der Waals surface area contributed by atoms with E-state index in [1.54, 1.807) is 52.5 Å². The molecule has 4 rings (SSSR count). The standard InChI is InChI=1S/C27H30FN3O4/c28-24-10-8-22(9-11-24)19-31(20-25-7-4-16-35-25)26(32)21-30(13-12-29-14-17-34-18-15-29)27(33)23-5-2-1-3-6-23/h1-11,16H,12-15,17-21H2. The lowest BCUT2D eigenvalue weighted by atomic mass is 10.2. The predicted octanol–water partition coefficient (Wildman–Crippen LogP) is 3.42. The van der Waals surface area contributed by atoms with Gasteiger partial charge in [0.05, 0.1) is 26.0 Å². The average Bonchev–Trinajstić information content (AvgIpc) is 3.41. The van der Waals surface area contributed by atoms with Crippen LogP contribution in [-0.4, -0.2) is 72.5 Å². The lowest BCUT2D eigenvalue weighted by Gasteiger charge is -2.31. The molecular formula is C27H30FN3O4. The zero-order chi connectivity index (χ0) is 24.5. The summed E-state index contributed by atoms with van der Waals surface area (Å²) in [6.45, 7) is 4.47. The molecule has 8 heteroatoms. The number of nitrogens with zero attached hydrogens (tertiary/aromatic N) is 3. The first-order valence-electron chi connectivity index (χ1n) is 11.8. The Hall–Kier alpha value is -3.49. The third-order valence-electron chi connectivity index (χ3n) is 5.99. The van der Waals surface area contributed by atoms with Crippen molar-refractivity contribution in [1.29, 1.82) is 0 Å². The zero-order valence-electron chi connectivity index (χ0n) is 19.6. The largest absolute Gasteiger partial charge is 0.467 e. The van der Waals surface area contributed by atoms with Crippen molar-refractivity contribution in [3.8, 4) is 0 Å². The van der Waals surface area contributed by atoms with Gasteiger partial charge in [0.2, 0.25) is 5.91 Å². The number of morpholine rings is 1. The van der Waals surface area contributed by atoms with Gasteiger partial charge >= 0.3 is 0 Å². The molecule has 0 spiro atoms. The van der Waals surface area contributed by atoms with E-state index in [2.05, 4.69) is 4.90 Å². The number of hydrogen-bond acceptors (Lipinski definition) is 5. The molecule has 2 aromatic carbocycles. The van der Waals surface area contributed by atoms with E-state index in [1.165, 1.54) is 12.1 Å². The third kappa shape index (κ3) is 7.24. The molecule has 0 saturated carbocycles. The van der Waals surface area contributed by atoms with Crippen LogP contribution in [0.3, 0.4) is 0 Å². The van der Waals surface area contributed by atoms with Crippen molar-refractivity contribution < 1.29 is 23.1 Å². The molecule has 1 aromatic heterocycles. The molecule has 1 aliphatic heterocycles. The Morgan fingerprint density at radius 2 is 1.63 bits per heavy atom. The van der Waals surface area contributed by atoms with Gasteiger partial charge in [0.1, 0.15) is 18.1 Å². The number of hydrogen-bond donors (Lipinski definition) is 0. The molecule has 7 nitrogen and oxygen atoms in total. The first-order valence-corrected chi connectivity index (χ1v) is 11.8. The minimum atomic E-state index is -0.333. The van der Waals surface area contributed by atoms with Crippen LogP contribution in [0, 0.1) is 5.82 Å².